The third-order valence-electron chi connectivity index (χ3n) is 4.55. The third-order valence-corrected chi connectivity index (χ3v) is 5.37. The zero-order chi connectivity index (χ0) is 16.8. The second kappa shape index (κ2) is 5.73. The quantitative estimate of drug-likeness (QED) is 0.885. The topological polar surface area (TPSA) is 77.1 Å². The molecule has 0 aliphatic heterocycles. The molecule has 0 unspecified atom stereocenters. The summed E-state index contributed by atoms with van der Waals surface area (Å²) in [5.41, 5.74) is 6.08. The van der Waals surface area contributed by atoms with Crippen molar-refractivity contribution in [3.8, 4) is 0 Å². The zero-order valence-electron chi connectivity index (χ0n) is 12.7. The van der Waals surface area contributed by atoms with Gasteiger partial charge >= 0.3 is 0 Å². The van der Waals surface area contributed by atoms with Gasteiger partial charge in [0.2, 0.25) is 5.91 Å². The van der Waals surface area contributed by atoms with Crippen molar-refractivity contribution in [2.24, 2.45) is 12.8 Å². The van der Waals surface area contributed by atoms with Crippen LogP contribution in [0.1, 0.15) is 36.2 Å². The number of benzene rings is 1. The van der Waals surface area contributed by atoms with Crippen molar-refractivity contribution in [3.05, 3.63) is 33.9 Å². The molecule has 0 spiro atoms. The maximum atomic E-state index is 12.7. The van der Waals surface area contributed by atoms with E-state index in [1.165, 1.54) is 0 Å². The van der Waals surface area contributed by atoms with Gasteiger partial charge in [-0.05, 0) is 37.5 Å². The van der Waals surface area contributed by atoms with Crippen LogP contribution in [0.25, 0.3) is 10.9 Å². The molecule has 1 aliphatic carbocycles. The highest BCUT2D eigenvalue weighted by Crippen LogP contribution is 2.36. The molecule has 1 aromatic carbocycles. The minimum absolute atomic E-state index is 0.162. The highest BCUT2D eigenvalue weighted by molar-refractivity contribution is 6.45. The van der Waals surface area contributed by atoms with Crippen molar-refractivity contribution in [1.29, 1.82) is 0 Å². The lowest BCUT2D eigenvalue weighted by atomic mass is 9.74. The average molecular weight is 354 g/mol. The van der Waals surface area contributed by atoms with Crippen LogP contribution >= 0.6 is 23.2 Å². The lowest BCUT2D eigenvalue weighted by Crippen LogP contribution is -2.55. The molecule has 1 fully saturated rings. The third kappa shape index (κ3) is 2.79. The van der Waals surface area contributed by atoms with E-state index >= 15 is 0 Å². The first-order chi connectivity index (χ1) is 10.8. The molecule has 3 N–H and O–H groups in total. The van der Waals surface area contributed by atoms with Crippen LogP contribution in [0, 0.1) is 0 Å². The first-order valence-corrected chi connectivity index (χ1v) is 8.13. The highest BCUT2D eigenvalue weighted by Gasteiger charge is 2.40. The summed E-state index contributed by atoms with van der Waals surface area (Å²) in [6, 6.07) is 5.24. The number of nitrogens with two attached hydrogens (primary N) is 1. The predicted octanol–water partition coefficient (Wildman–Crippen LogP) is 3.01. The van der Waals surface area contributed by atoms with Crippen molar-refractivity contribution in [3.63, 3.8) is 0 Å². The SMILES string of the molecule is Cn1c(C(=O)NC2(CC(N)=O)CCC2)cc2c(Cl)c(Cl)ccc21. The second-order valence-electron chi connectivity index (χ2n) is 6.11. The Morgan fingerprint density at radius 3 is 2.61 bits per heavy atom. The number of aromatic nitrogens is 1. The summed E-state index contributed by atoms with van der Waals surface area (Å²) in [5.74, 6) is -0.645. The number of rotatable bonds is 4. The monoisotopic (exact) mass is 353 g/mol. The number of carbonyl (C=O) groups is 2. The van der Waals surface area contributed by atoms with Gasteiger partial charge in [-0.1, -0.05) is 23.2 Å². The minimum Gasteiger partial charge on any atom is -0.370 e. The van der Waals surface area contributed by atoms with Crippen LogP contribution in [0.5, 0.6) is 0 Å². The van der Waals surface area contributed by atoms with Gasteiger partial charge in [0, 0.05) is 29.9 Å². The van der Waals surface area contributed by atoms with Crippen LogP contribution in [-0.4, -0.2) is 21.9 Å². The van der Waals surface area contributed by atoms with Gasteiger partial charge in [-0.25, -0.2) is 0 Å². The Bertz CT molecular complexity index is 809. The van der Waals surface area contributed by atoms with E-state index in [-0.39, 0.29) is 12.3 Å². The van der Waals surface area contributed by atoms with Crippen LogP contribution < -0.4 is 11.1 Å². The Hall–Kier alpha value is -1.72. The fourth-order valence-electron chi connectivity index (χ4n) is 3.16. The molecule has 2 aromatic rings. The van der Waals surface area contributed by atoms with Crippen molar-refractivity contribution < 1.29 is 9.59 Å². The number of aryl methyl sites for hydroxylation is 1. The van der Waals surface area contributed by atoms with Crippen molar-refractivity contribution in [1.82, 2.24) is 9.88 Å². The number of hydrogen-bond donors (Lipinski definition) is 2. The van der Waals surface area contributed by atoms with E-state index < -0.39 is 11.4 Å². The predicted molar refractivity (Wildman–Crippen MR) is 90.8 cm³/mol. The highest BCUT2D eigenvalue weighted by atomic mass is 35.5. The smallest absolute Gasteiger partial charge is 0.268 e. The van der Waals surface area contributed by atoms with Gasteiger partial charge in [0.05, 0.1) is 10.0 Å². The van der Waals surface area contributed by atoms with Gasteiger partial charge in [0.1, 0.15) is 5.69 Å². The number of primary amides is 1. The van der Waals surface area contributed by atoms with Gasteiger partial charge in [-0.2, -0.15) is 0 Å². The standard InChI is InChI=1S/C16H17Cl2N3O2/c1-21-11-4-3-10(17)14(18)9(11)7-12(21)15(23)20-16(5-2-6-16)8-13(19)22/h3-4,7H,2,5-6,8H2,1H3,(H2,19,22)(H,20,23). The molecule has 122 valence electrons. The number of fused-ring (bicyclic) bond motifs is 1. The summed E-state index contributed by atoms with van der Waals surface area (Å²) < 4.78 is 1.77. The van der Waals surface area contributed by atoms with Crippen LogP contribution in [-0.2, 0) is 11.8 Å². The summed E-state index contributed by atoms with van der Waals surface area (Å²) in [7, 11) is 1.79. The number of nitrogens with one attached hydrogen (secondary N) is 1. The van der Waals surface area contributed by atoms with E-state index in [4.69, 9.17) is 28.9 Å². The molecule has 7 heteroatoms. The number of halogens is 2. The molecule has 1 aliphatic rings. The average Bonchev–Trinajstić information content (AvgIpc) is 2.78. The summed E-state index contributed by atoms with van der Waals surface area (Å²) in [5, 5.41) is 4.57. The Labute approximate surface area is 143 Å². The fourth-order valence-corrected chi connectivity index (χ4v) is 3.53. The van der Waals surface area contributed by atoms with E-state index in [0.29, 0.717) is 15.7 Å². The molecule has 23 heavy (non-hydrogen) atoms. The van der Waals surface area contributed by atoms with Gasteiger partial charge in [-0.15, -0.1) is 0 Å². The Morgan fingerprint density at radius 1 is 1.35 bits per heavy atom. The van der Waals surface area contributed by atoms with E-state index in [1.54, 1.807) is 23.7 Å². The van der Waals surface area contributed by atoms with E-state index in [1.807, 2.05) is 6.07 Å². The molecule has 0 bridgehead atoms. The van der Waals surface area contributed by atoms with Crippen molar-refractivity contribution in [2.45, 2.75) is 31.2 Å². The minimum atomic E-state index is -0.513. The fraction of sp³-hybridized carbons (Fsp3) is 0.375. The molecule has 2 amide bonds. The van der Waals surface area contributed by atoms with Gasteiger partial charge in [0.15, 0.2) is 0 Å². The first kappa shape index (κ1) is 16.1. The Morgan fingerprint density at radius 2 is 2.04 bits per heavy atom. The Balaban J connectivity index is 1.94. The van der Waals surface area contributed by atoms with E-state index in [9.17, 15) is 9.59 Å². The normalized spacial score (nSPS) is 16.1. The summed E-state index contributed by atoms with van der Waals surface area (Å²) in [4.78, 5) is 23.9. The van der Waals surface area contributed by atoms with Gasteiger partial charge in [0.25, 0.3) is 5.91 Å². The van der Waals surface area contributed by atoms with Crippen molar-refractivity contribution >= 4 is 45.9 Å². The number of nitrogens with zero attached hydrogens (tertiary/aromatic N) is 1. The molecular weight excluding hydrogens is 337 g/mol. The molecule has 1 heterocycles. The number of carbonyl (C=O) groups excluding carboxylic acids is 2. The molecule has 0 saturated heterocycles. The molecule has 0 atom stereocenters. The summed E-state index contributed by atoms with van der Waals surface area (Å²) >= 11 is 12.2. The molecular formula is C16H17Cl2N3O2. The maximum absolute atomic E-state index is 12.7. The summed E-state index contributed by atoms with van der Waals surface area (Å²) in [6.07, 6.45) is 2.66. The lowest BCUT2D eigenvalue weighted by Gasteiger charge is -2.41. The zero-order valence-corrected chi connectivity index (χ0v) is 14.2. The largest absolute Gasteiger partial charge is 0.370 e. The van der Waals surface area contributed by atoms with E-state index in [0.717, 1.165) is 30.2 Å². The van der Waals surface area contributed by atoms with Crippen LogP contribution in [0.2, 0.25) is 10.0 Å². The number of hydrogen-bond acceptors (Lipinski definition) is 2. The molecule has 0 radical (unpaired) electrons. The first-order valence-electron chi connectivity index (χ1n) is 7.37. The lowest BCUT2D eigenvalue weighted by molar-refractivity contribution is -0.120. The van der Waals surface area contributed by atoms with Gasteiger partial charge in [-0.3, -0.25) is 9.59 Å². The van der Waals surface area contributed by atoms with Gasteiger partial charge < -0.3 is 15.6 Å². The second-order valence-corrected chi connectivity index (χ2v) is 6.90. The molecule has 3 rings (SSSR count). The van der Waals surface area contributed by atoms with Crippen molar-refractivity contribution in [2.75, 3.05) is 0 Å². The van der Waals surface area contributed by atoms with Crippen LogP contribution in [0.3, 0.4) is 0 Å². The molecule has 1 saturated carbocycles. The summed E-state index contributed by atoms with van der Waals surface area (Å²) in [6.45, 7) is 0. The molecule has 1 aromatic heterocycles. The Kier molecular flexibility index (Phi) is 4.02. The number of amides is 2. The van der Waals surface area contributed by atoms with E-state index in [2.05, 4.69) is 5.32 Å². The molecule has 5 nitrogen and oxygen atoms in total. The maximum Gasteiger partial charge on any atom is 0.268 e. The van der Waals surface area contributed by atoms with Crippen LogP contribution in [0.4, 0.5) is 0 Å². The van der Waals surface area contributed by atoms with Crippen LogP contribution in [0.15, 0.2) is 18.2 Å².